The van der Waals surface area contributed by atoms with E-state index in [0.29, 0.717) is 11.5 Å². The van der Waals surface area contributed by atoms with Crippen molar-refractivity contribution in [3.63, 3.8) is 0 Å². The molecule has 1 atom stereocenters. The lowest BCUT2D eigenvalue weighted by Gasteiger charge is -2.29. The average molecular weight is 479 g/mol. The molecule has 0 fully saturated rings. The smallest absolute Gasteiger partial charge is 0.243 e. The summed E-state index contributed by atoms with van der Waals surface area (Å²) in [6.45, 7) is 8.29. The first-order chi connectivity index (χ1) is 15.4. The van der Waals surface area contributed by atoms with E-state index in [-0.39, 0.29) is 24.3 Å². The van der Waals surface area contributed by atoms with E-state index in [2.05, 4.69) is 26.1 Å². The molecule has 182 valence electrons. The van der Waals surface area contributed by atoms with Crippen molar-refractivity contribution in [2.75, 3.05) is 37.9 Å². The molecule has 2 aromatic rings. The molecule has 2 rings (SSSR count). The van der Waals surface area contributed by atoms with Gasteiger partial charge < -0.3 is 19.5 Å². The van der Waals surface area contributed by atoms with Crippen LogP contribution in [0.15, 0.2) is 42.5 Å². The highest BCUT2D eigenvalue weighted by Gasteiger charge is 2.31. The maximum atomic E-state index is 12.9. The molecule has 33 heavy (non-hydrogen) atoms. The predicted octanol–water partition coefficient (Wildman–Crippen LogP) is 3.35. The Hall–Kier alpha value is -2.94. The van der Waals surface area contributed by atoms with Crippen molar-refractivity contribution in [3.05, 3.63) is 48.0 Å². The van der Waals surface area contributed by atoms with Gasteiger partial charge in [-0.05, 0) is 36.1 Å². The molecule has 0 saturated carbocycles. The first-order valence-corrected chi connectivity index (χ1v) is 12.5. The second-order valence-electron chi connectivity index (χ2n) is 8.66. The number of para-hydroxylation sites is 1. The minimum Gasteiger partial charge on any atom is -0.497 e. The minimum absolute atomic E-state index is 0.0832. The van der Waals surface area contributed by atoms with Gasteiger partial charge in [0.05, 0.1) is 32.7 Å². The van der Waals surface area contributed by atoms with Gasteiger partial charge in [0.25, 0.3) is 0 Å². The Morgan fingerprint density at radius 2 is 1.73 bits per heavy atom. The van der Waals surface area contributed by atoms with Crippen molar-refractivity contribution < 1.29 is 27.4 Å². The van der Waals surface area contributed by atoms with Crippen LogP contribution in [0, 0.1) is 0 Å². The molecule has 0 aliphatic carbocycles. The van der Waals surface area contributed by atoms with Gasteiger partial charge in [-0.2, -0.15) is 0 Å². The van der Waals surface area contributed by atoms with Crippen LogP contribution >= 0.6 is 0 Å². The lowest BCUT2D eigenvalue weighted by atomic mass is 9.86. The second-order valence-corrected chi connectivity index (χ2v) is 10.5. The zero-order valence-corrected chi connectivity index (χ0v) is 21.2. The summed E-state index contributed by atoms with van der Waals surface area (Å²) >= 11 is 0. The predicted molar refractivity (Wildman–Crippen MR) is 130 cm³/mol. The van der Waals surface area contributed by atoms with Crippen LogP contribution in [0.1, 0.15) is 33.3 Å². The maximum absolute atomic E-state index is 12.9. The summed E-state index contributed by atoms with van der Waals surface area (Å²) in [5.41, 5.74) is 1.20. The highest BCUT2D eigenvalue weighted by molar-refractivity contribution is 7.92. The number of anilines is 1. The first-order valence-electron chi connectivity index (χ1n) is 10.6. The number of rotatable bonds is 10. The van der Waals surface area contributed by atoms with Gasteiger partial charge in [-0.15, -0.1) is 0 Å². The van der Waals surface area contributed by atoms with Gasteiger partial charge in [-0.3, -0.25) is 9.10 Å². The largest absolute Gasteiger partial charge is 0.497 e. The van der Waals surface area contributed by atoms with Crippen LogP contribution in [0.5, 0.6) is 17.2 Å². The highest BCUT2D eigenvalue weighted by atomic mass is 32.2. The van der Waals surface area contributed by atoms with Crippen LogP contribution in [0.2, 0.25) is 0 Å². The molecule has 9 heteroatoms. The normalized spacial score (nSPS) is 12.6. The average Bonchev–Trinajstić information content (AvgIpc) is 2.75. The zero-order valence-electron chi connectivity index (χ0n) is 20.3. The molecule has 1 unspecified atom stereocenters. The second kappa shape index (κ2) is 10.8. The highest BCUT2D eigenvalue weighted by Crippen LogP contribution is 2.35. The van der Waals surface area contributed by atoms with Crippen LogP contribution < -0.4 is 23.8 Å². The van der Waals surface area contributed by atoms with E-state index in [0.717, 1.165) is 21.9 Å². The van der Waals surface area contributed by atoms with E-state index in [4.69, 9.17) is 14.2 Å². The minimum atomic E-state index is -3.81. The summed E-state index contributed by atoms with van der Waals surface area (Å²) in [7, 11) is -0.899. The molecule has 0 aliphatic rings. The number of carbonyl (C=O) groups excluding carboxylic acids is 1. The lowest BCUT2D eigenvalue weighted by molar-refractivity contribution is -0.121. The number of amides is 1. The fourth-order valence-electron chi connectivity index (χ4n) is 3.45. The summed E-state index contributed by atoms with van der Waals surface area (Å²) in [5, 5.41) is 2.76. The number of ether oxygens (including phenoxy) is 3. The number of hydrogen-bond donors (Lipinski definition) is 1. The summed E-state index contributed by atoms with van der Waals surface area (Å²) < 4.78 is 42.7. The van der Waals surface area contributed by atoms with Gasteiger partial charge in [-0.25, -0.2) is 8.42 Å². The molecule has 0 heterocycles. The van der Waals surface area contributed by atoms with Crippen molar-refractivity contribution in [1.29, 1.82) is 0 Å². The number of carbonyl (C=O) groups is 1. The standard InChI is InChI=1S/C24H34N2O6S/c1-17(26(33(7,28)29)20-16-18(30-5)12-13-22(20)31-6)23(27)25-14-15-32-21-11-9-8-10-19(21)24(2,3)4/h8-13,16-17H,14-15H2,1-7H3,(H,25,27). The number of nitrogens with one attached hydrogen (secondary N) is 1. The SMILES string of the molecule is COc1ccc(OC)c(N(C(C)C(=O)NCCOc2ccccc2C(C)(C)C)S(C)(=O)=O)c1. The molecule has 0 aromatic heterocycles. The van der Waals surface area contributed by atoms with Crippen molar-refractivity contribution in [1.82, 2.24) is 5.32 Å². The number of hydrogen-bond acceptors (Lipinski definition) is 6. The topological polar surface area (TPSA) is 94.2 Å². The van der Waals surface area contributed by atoms with Crippen LogP contribution in [0.25, 0.3) is 0 Å². The molecule has 0 bridgehead atoms. The molecule has 1 amide bonds. The monoisotopic (exact) mass is 478 g/mol. The van der Waals surface area contributed by atoms with Crippen molar-refractivity contribution in [2.45, 2.75) is 39.2 Å². The maximum Gasteiger partial charge on any atom is 0.243 e. The van der Waals surface area contributed by atoms with E-state index in [9.17, 15) is 13.2 Å². The van der Waals surface area contributed by atoms with Gasteiger partial charge >= 0.3 is 0 Å². The molecule has 0 spiro atoms. The third kappa shape index (κ3) is 6.77. The van der Waals surface area contributed by atoms with E-state index < -0.39 is 22.0 Å². The lowest BCUT2D eigenvalue weighted by Crippen LogP contribution is -2.48. The number of nitrogens with zero attached hydrogens (tertiary/aromatic N) is 1. The Bertz CT molecular complexity index is 1060. The van der Waals surface area contributed by atoms with Crippen LogP contribution in [-0.4, -0.2) is 54.0 Å². The molecule has 0 radical (unpaired) electrons. The van der Waals surface area contributed by atoms with Gasteiger partial charge in [0, 0.05) is 6.07 Å². The van der Waals surface area contributed by atoms with Gasteiger partial charge in [0.2, 0.25) is 15.9 Å². The number of sulfonamides is 1. The molecule has 2 aromatic carbocycles. The fraction of sp³-hybridized carbons (Fsp3) is 0.458. The molecule has 0 saturated heterocycles. The van der Waals surface area contributed by atoms with Crippen molar-refractivity contribution >= 4 is 21.6 Å². The van der Waals surface area contributed by atoms with Crippen LogP contribution in [0.3, 0.4) is 0 Å². The first kappa shape index (κ1) is 26.3. The van der Waals surface area contributed by atoms with Crippen molar-refractivity contribution in [3.8, 4) is 17.2 Å². The Morgan fingerprint density at radius 3 is 2.30 bits per heavy atom. The molecule has 8 nitrogen and oxygen atoms in total. The molecule has 0 aliphatic heterocycles. The van der Waals surface area contributed by atoms with Crippen molar-refractivity contribution in [2.24, 2.45) is 0 Å². The number of methoxy groups -OCH3 is 2. The summed E-state index contributed by atoms with van der Waals surface area (Å²) in [6, 6.07) is 11.5. The van der Waals surface area contributed by atoms with Crippen LogP contribution in [0.4, 0.5) is 5.69 Å². The number of benzene rings is 2. The van der Waals surface area contributed by atoms with E-state index in [1.165, 1.54) is 27.2 Å². The molecular formula is C24H34N2O6S. The Morgan fingerprint density at radius 1 is 1.06 bits per heavy atom. The quantitative estimate of drug-likeness (QED) is 0.527. The van der Waals surface area contributed by atoms with E-state index >= 15 is 0 Å². The summed E-state index contributed by atoms with van der Waals surface area (Å²) in [5.74, 6) is 1.05. The molecular weight excluding hydrogens is 444 g/mol. The van der Waals surface area contributed by atoms with Crippen LogP contribution in [-0.2, 0) is 20.2 Å². The fourth-order valence-corrected chi connectivity index (χ4v) is 4.62. The van der Waals surface area contributed by atoms with Gasteiger partial charge in [0.15, 0.2) is 0 Å². The van der Waals surface area contributed by atoms with Gasteiger partial charge in [0.1, 0.15) is 29.9 Å². The van der Waals surface area contributed by atoms with E-state index in [1.807, 2.05) is 24.3 Å². The summed E-state index contributed by atoms with van der Waals surface area (Å²) in [6.07, 6.45) is 1.04. The Labute approximate surface area is 196 Å². The molecule has 1 N–H and O–H groups in total. The zero-order chi connectivity index (χ0) is 24.8. The van der Waals surface area contributed by atoms with E-state index in [1.54, 1.807) is 12.1 Å². The Balaban J connectivity index is 2.13. The Kier molecular flexibility index (Phi) is 8.60. The third-order valence-electron chi connectivity index (χ3n) is 5.07. The summed E-state index contributed by atoms with van der Waals surface area (Å²) in [4.78, 5) is 12.9. The third-order valence-corrected chi connectivity index (χ3v) is 6.29. The van der Waals surface area contributed by atoms with Gasteiger partial charge in [-0.1, -0.05) is 39.0 Å².